The van der Waals surface area contributed by atoms with E-state index in [1.807, 2.05) is 26.8 Å². The first kappa shape index (κ1) is 28.7. The van der Waals surface area contributed by atoms with Crippen LogP contribution in [-0.4, -0.2) is 22.0 Å². The molecule has 1 heterocycles. The molecule has 38 heavy (non-hydrogen) atoms. The van der Waals surface area contributed by atoms with Gasteiger partial charge in [-0.1, -0.05) is 35.4 Å². The summed E-state index contributed by atoms with van der Waals surface area (Å²) in [6.07, 6.45) is -1.24. The molecule has 0 radical (unpaired) electrons. The van der Waals surface area contributed by atoms with Crippen molar-refractivity contribution in [3.05, 3.63) is 95.1 Å². The van der Waals surface area contributed by atoms with Crippen LogP contribution in [0, 0.1) is 0 Å². The summed E-state index contributed by atoms with van der Waals surface area (Å²) in [5, 5.41) is 2.80. The molecule has 0 unspecified atom stereocenters. The molecule has 2 aromatic carbocycles. The highest BCUT2D eigenvalue weighted by Gasteiger charge is 2.37. The summed E-state index contributed by atoms with van der Waals surface area (Å²) in [5.41, 5.74) is 0.227. The molecular formula is C28H27F6N3O. The Balaban J connectivity index is 1.78. The number of imidazole rings is 1. The number of hydrogen-bond donors (Lipinski definition) is 1. The Morgan fingerprint density at radius 1 is 0.895 bits per heavy atom. The minimum absolute atomic E-state index is 0.0914. The van der Waals surface area contributed by atoms with Crippen LogP contribution in [0.5, 0.6) is 0 Å². The van der Waals surface area contributed by atoms with Crippen molar-refractivity contribution in [3.63, 3.8) is 0 Å². The van der Waals surface area contributed by atoms with Gasteiger partial charge in [0.15, 0.2) is 0 Å². The van der Waals surface area contributed by atoms with Gasteiger partial charge in [0, 0.05) is 12.2 Å². The molecule has 0 aliphatic carbocycles. The van der Waals surface area contributed by atoms with Crippen molar-refractivity contribution in [1.82, 2.24) is 14.9 Å². The Hall–Kier alpha value is -3.82. The van der Waals surface area contributed by atoms with Gasteiger partial charge in [0.1, 0.15) is 5.69 Å². The van der Waals surface area contributed by atoms with Gasteiger partial charge in [0.25, 0.3) is 5.91 Å². The number of amides is 1. The lowest BCUT2D eigenvalue weighted by Crippen LogP contribution is -2.25. The highest BCUT2D eigenvalue weighted by atomic mass is 19.4. The van der Waals surface area contributed by atoms with Gasteiger partial charge >= 0.3 is 12.4 Å². The maximum atomic E-state index is 13.2. The molecule has 1 amide bonds. The van der Waals surface area contributed by atoms with Gasteiger partial charge in [-0.3, -0.25) is 9.36 Å². The van der Waals surface area contributed by atoms with Gasteiger partial charge in [0.2, 0.25) is 0 Å². The fourth-order valence-electron chi connectivity index (χ4n) is 3.70. The van der Waals surface area contributed by atoms with E-state index >= 15 is 0 Å². The van der Waals surface area contributed by atoms with Crippen LogP contribution in [0.4, 0.5) is 26.3 Å². The van der Waals surface area contributed by atoms with Crippen LogP contribution in [0.15, 0.2) is 78.3 Å². The average molecular weight is 536 g/mol. The van der Waals surface area contributed by atoms with E-state index < -0.39 is 23.5 Å². The van der Waals surface area contributed by atoms with E-state index in [0.717, 1.165) is 18.4 Å². The number of nitrogens with one attached hydrogen (secondary N) is 1. The first-order valence-electron chi connectivity index (χ1n) is 11.8. The molecule has 3 aromatic rings. The minimum atomic E-state index is -4.94. The van der Waals surface area contributed by atoms with E-state index in [0.29, 0.717) is 24.4 Å². The van der Waals surface area contributed by atoms with E-state index in [1.165, 1.54) is 46.9 Å². The van der Waals surface area contributed by atoms with E-state index in [-0.39, 0.29) is 28.8 Å². The summed E-state index contributed by atoms with van der Waals surface area (Å²) < 4.78 is 80.8. The quantitative estimate of drug-likeness (QED) is 0.235. The molecule has 0 atom stereocenters. The van der Waals surface area contributed by atoms with Crippen LogP contribution >= 0.6 is 0 Å². The molecular weight excluding hydrogens is 508 g/mol. The second-order valence-corrected chi connectivity index (χ2v) is 9.07. The zero-order chi connectivity index (χ0) is 28.1. The Morgan fingerprint density at radius 3 is 2.05 bits per heavy atom. The van der Waals surface area contributed by atoms with Gasteiger partial charge < -0.3 is 5.32 Å². The fraction of sp³-hybridized carbons (Fsp3) is 0.286. The number of hydrogen-bond acceptors (Lipinski definition) is 2. The number of rotatable bonds is 8. The number of benzene rings is 2. The lowest BCUT2D eigenvalue weighted by atomic mass is 9.99. The normalized spacial score (nSPS) is 12.4. The second kappa shape index (κ2) is 11.7. The molecule has 0 bridgehead atoms. The van der Waals surface area contributed by atoms with Crippen LogP contribution in [0.25, 0.3) is 16.8 Å². The molecule has 0 saturated heterocycles. The SMILES string of the molecule is CC(C)=CCC/C(C)=C/CNC(=O)c1cncn1-c1ccc(-c2cc(C(F)(F)F)cc(C(F)(F)F)c2)cc1. The second-order valence-electron chi connectivity index (χ2n) is 9.07. The number of aromatic nitrogens is 2. The summed E-state index contributed by atoms with van der Waals surface area (Å²) >= 11 is 0. The maximum Gasteiger partial charge on any atom is 0.416 e. The third-order valence-electron chi connectivity index (χ3n) is 5.74. The van der Waals surface area contributed by atoms with Crippen molar-refractivity contribution < 1.29 is 31.1 Å². The van der Waals surface area contributed by atoms with Crippen molar-refractivity contribution in [2.24, 2.45) is 0 Å². The fourth-order valence-corrected chi connectivity index (χ4v) is 3.70. The average Bonchev–Trinajstić information content (AvgIpc) is 3.33. The summed E-state index contributed by atoms with van der Waals surface area (Å²) in [6, 6.07) is 7.22. The predicted octanol–water partition coefficient (Wildman–Crippen LogP) is 8.00. The van der Waals surface area contributed by atoms with Crippen molar-refractivity contribution >= 4 is 5.91 Å². The Kier molecular flexibility index (Phi) is 8.85. The first-order valence-corrected chi connectivity index (χ1v) is 11.8. The monoisotopic (exact) mass is 535 g/mol. The van der Waals surface area contributed by atoms with Crippen molar-refractivity contribution in [1.29, 1.82) is 0 Å². The molecule has 0 spiro atoms. The molecule has 1 N–H and O–H groups in total. The lowest BCUT2D eigenvalue weighted by molar-refractivity contribution is -0.143. The van der Waals surface area contributed by atoms with Crippen molar-refractivity contribution in [2.45, 2.75) is 46.0 Å². The van der Waals surface area contributed by atoms with Gasteiger partial charge in [-0.2, -0.15) is 26.3 Å². The van der Waals surface area contributed by atoms with Crippen molar-refractivity contribution in [3.8, 4) is 16.8 Å². The molecule has 0 saturated carbocycles. The molecule has 4 nitrogen and oxygen atoms in total. The van der Waals surface area contributed by atoms with Crippen molar-refractivity contribution in [2.75, 3.05) is 6.54 Å². The third-order valence-corrected chi connectivity index (χ3v) is 5.74. The molecule has 1 aromatic heterocycles. The molecule has 0 fully saturated rings. The van der Waals surface area contributed by atoms with E-state index in [9.17, 15) is 31.1 Å². The van der Waals surface area contributed by atoms with Gasteiger partial charge in [0.05, 0.1) is 23.7 Å². The summed E-state index contributed by atoms with van der Waals surface area (Å²) in [5.74, 6) is -0.382. The highest BCUT2D eigenvalue weighted by Crippen LogP contribution is 2.38. The van der Waals surface area contributed by atoms with Gasteiger partial charge in [-0.25, -0.2) is 4.98 Å². The number of nitrogens with zero attached hydrogens (tertiary/aromatic N) is 2. The summed E-state index contributed by atoms with van der Waals surface area (Å²) in [4.78, 5) is 16.7. The number of carbonyl (C=O) groups is 1. The number of carbonyl (C=O) groups excluding carboxylic acids is 1. The summed E-state index contributed by atoms with van der Waals surface area (Å²) in [6.45, 7) is 6.37. The van der Waals surface area contributed by atoms with E-state index in [2.05, 4.69) is 16.4 Å². The predicted molar refractivity (Wildman–Crippen MR) is 134 cm³/mol. The zero-order valence-corrected chi connectivity index (χ0v) is 21.0. The standard InChI is InChI=1S/C28H27F6N3O/c1-18(2)5-4-6-19(3)11-12-36-26(38)25-16-35-17-37(25)24-9-7-20(8-10-24)21-13-22(27(29,30)31)15-23(14-21)28(32,33)34/h5,7-11,13-17H,4,6,12H2,1-3H3,(H,36,38)/b19-11+. The third kappa shape index (κ3) is 7.60. The van der Waals surface area contributed by atoms with Crippen LogP contribution < -0.4 is 5.32 Å². The topological polar surface area (TPSA) is 46.9 Å². The minimum Gasteiger partial charge on any atom is -0.347 e. The number of allylic oxidation sites excluding steroid dienone is 3. The molecule has 202 valence electrons. The van der Waals surface area contributed by atoms with Crippen LogP contribution in [0.3, 0.4) is 0 Å². The molecule has 0 aliphatic heterocycles. The van der Waals surface area contributed by atoms with Gasteiger partial charge in [-0.05, 0) is 75.1 Å². The lowest BCUT2D eigenvalue weighted by Gasteiger charge is -2.15. The molecule has 3 rings (SSSR count). The van der Waals surface area contributed by atoms with Crippen LogP contribution in [0.2, 0.25) is 0 Å². The molecule has 0 aliphatic rings. The smallest absolute Gasteiger partial charge is 0.347 e. The number of halogens is 6. The van der Waals surface area contributed by atoms with E-state index in [4.69, 9.17) is 0 Å². The maximum absolute atomic E-state index is 13.2. The molecule has 10 heteroatoms. The Labute approximate surface area is 216 Å². The number of alkyl halides is 6. The van der Waals surface area contributed by atoms with Crippen LogP contribution in [0.1, 0.15) is 55.2 Å². The largest absolute Gasteiger partial charge is 0.416 e. The zero-order valence-electron chi connectivity index (χ0n) is 21.0. The summed E-state index contributed by atoms with van der Waals surface area (Å²) in [7, 11) is 0. The highest BCUT2D eigenvalue weighted by molar-refractivity contribution is 5.93. The van der Waals surface area contributed by atoms with Crippen LogP contribution in [-0.2, 0) is 12.4 Å². The first-order chi connectivity index (χ1) is 17.8. The van der Waals surface area contributed by atoms with Gasteiger partial charge in [-0.15, -0.1) is 0 Å². The Bertz CT molecular complexity index is 1300. The Morgan fingerprint density at radius 2 is 1.50 bits per heavy atom. The van der Waals surface area contributed by atoms with E-state index in [1.54, 1.807) is 0 Å².